The van der Waals surface area contributed by atoms with Gasteiger partial charge in [0.1, 0.15) is 5.38 Å². The molecule has 0 amide bonds. The molecule has 0 unspecified atom stereocenters. The minimum absolute atomic E-state index is 0.507. The summed E-state index contributed by atoms with van der Waals surface area (Å²) in [6, 6.07) is 16.9. The van der Waals surface area contributed by atoms with Gasteiger partial charge in [0.05, 0.1) is 7.11 Å². The Kier molecular flexibility index (Phi) is 5.47. The molecule has 2 atom stereocenters. The summed E-state index contributed by atoms with van der Waals surface area (Å²) in [6.45, 7) is 1.98. The van der Waals surface area contributed by atoms with E-state index in [9.17, 15) is 9.59 Å². The lowest BCUT2D eigenvalue weighted by molar-refractivity contribution is -0.171. The highest BCUT2D eigenvalue weighted by atomic mass is 35.5. The number of cyclic esters (lactones) is 1. The van der Waals surface area contributed by atoms with E-state index in [-0.39, 0.29) is 0 Å². The molecule has 5 heteroatoms. The van der Waals surface area contributed by atoms with Crippen molar-refractivity contribution in [2.45, 2.75) is 17.9 Å². The van der Waals surface area contributed by atoms with Gasteiger partial charge in [0, 0.05) is 6.08 Å². The Labute approximate surface area is 163 Å². The highest BCUT2D eigenvalue weighted by Gasteiger charge is 2.52. The molecule has 27 heavy (non-hydrogen) atoms. The molecule has 0 aromatic heterocycles. The van der Waals surface area contributed by atoms with E-state index in [0.717, 1.165) is 16.7 Å². The summed E-state index contributed by atoms with van der Waals surface area (Å²) in [5.74, 6) is -1.38. The van der Waals surface area contributed by atoms with Gasteiger partial charge in [-0.15, -0.1) is 11.6 Å². The molecule has 0 saturated carbocycles. The number of hydrogen-bond acceptors (Lipinski definition) is 4. The second-order valence-corrected chi connectivity index (χ2v) is 6.71. The van der Waals surface area contributed by atoms with Crippen LogP contribution in [0, 0.1) is 6.92 Å². The van der Waals surface area contributed by atoms with Crippen LogP contribution in [0.3, 0.4) is 0 Å². The quantitative estimate of drug-likeness (QED) is 0.588. The smallest absolute Gasteiger partial charge is 0.356 e. The summed E-state index contributed by atoms with van der Waals surface area (Å²) >= 11 is 6.67. The Bertz CT molecular complexity index is 900. The van der Waals surface area contributed by atoms with Crippen LogP contribution in [0.4, 0.5) is 0 Å². The lowest BCUT2D eigenvalue weighted by atomic mass is 9.86. The average molecular weight is 383 g/mol. The van der Waals surface area contributed by atoms with Gasteiger partial charge in [0.25, 0.3) is 0 Å². The van der Waals surface area contributed by atoms with Crippen molar-refractivity contribution in [1.82, 2.24) is 0 Å². The standard InChI is InChI=1S/C22H19ClO4/c1-15-8-10-16(11-9-15)12-13-22(21(25)26-2)20(23)18(14-19(24)27-22)17-6-4-3-5-7-17/h3-14,20H,1-2H3/b13-12+/t20-,22-/m1/s1. The predicted octanol–water partition coefficient (Wildman–Crippen LogP) is 4.17. The van der Waals surface area contributed by atoms with Gasteiger partial charge in [-0.1, -0.05) is 66.2 Å². The third kappa shape index (κ3) is 3.81. The molecule has 0 spiro atoms. The van der Waals surface area contributed by atoms with E-state index in [2.05, 4.69) is 0 Å². The van der Waals surface area contributed by atoms with Gasteiger partial charge < -0.3 is 9.47 Å². The van der Waals surface area contributed by atoms with E-state index in [0.29, 0.717) is 5.57 Å². The molecule has 3 rings (SSSR count). The van der Waals surface area contributed by atoms with Crippen LogP contribution in [-0.4, -0.2) is 30.0 Å². The van der Waals surface area contributed by atoms with Crippen LogP contribution in [0.25, 0.3) is 11.6 Å². The lowest BCUT2D eigenvalue weighted by Crippen LogP contribution is -2.52. The average Bonchev–Trinajstić information content (AvgIpc) is 2.69. The fourth-order valence-electron chi connectivity index (χ4n) is 2.93. The number of methoxy groups -OCH3 is 1. The third-order valence-corrected chi connectivity index (χ3v) is 4.96. The molecule has 1 aliphatic heterocycles. The molecule has 1 aliphatic rings. The molecule has 0 N–H and O–H groups in total. The SMILES string of the molecule is COC(=O)[C@]1(/C=C/c2ccc(C)cc2)OC(=O)C=C(c2ccccc2)[C@H]1Cl. The Morgan fingerprint density at radius 2 is 1.81 bits per heavy atom. The molecule has 2 aromatic rings. The number of rotatable bonds is 4. The first kappa shape index (κ1) is 18.9. The topological polar surface area (TPSA) is 52.6 Å². The van der Waals surface area contributed by atoms with Gasteiger partial charge in [-0.05, 0) is 29.7 Å². The molecular weight excluding hydrogens is 364 g/mol. The fraction of sp³-hybridized carbons (Fsp3) is 0.182. The summed E-state index contributed by atoms with van der Waals surface area (Å²) in [4.78, 5) is 24.9. The zero-order valence-electron chi connectivity index (χ0n) is 15.0. The molecule has 0 fully saturated rings. The molecule has 0 aliphatic carbocycles. The van der Waals surface area contributed by atoms with Crippen molar-refractivity contribution in [3.05, 3.63) is 83.4 Å². The van der Waals surface area contributed by atoms with Crippen LogP contribution in [0.1, 0.15) is 16.7 Å². The van der Waals surface area contributed by atoms with Crippen LogP contribution in [0.2, 0.25) is 0 Å². The second-order valence-electron chi connectivity index (χ2n) is 6.28. The third-order valence-electron chi connectivity index (χ3n) is 4.40. The monoisotopic (exact) mass is 382 g/mol. The number of carbonyl (C=O) groups is 2. The van der Waals surface area contributed by atoms with E-state index >= 15 is 0 Å². The first-order valence-electron chi connectivity index (χ1n) is 8.44. The van der Waals surface area contributed by atoms with Gasteiger partial charge in [-0.25, -0.2) is 9.59 Å². The van der Waals surface area contributed by atoms with Gasteiger partial charge >= 0.3 is 11.9 Å². The molecule has 0 saturated heterocycles. The molecule has 138 valence electrons. The minimum atomic E-state index is -1.75. The maximum Gasteiger partial charge on any atom is 0.356 e. The maximum absolute atomic E-state index is 12.6. The van der Waals surface area contributed by atoms with E-state index < -0.39 is 22.9 Å². The highest BCUT2D eigenvalue weighted by molar-refractivity contribution is 6.31. The number of halogens is 1. The van der Waals surface area contributed by atoms with Crippen molar-refractivity contribution >= 4 is 35.2 Å². The van der Waals surface area contributed by atoms with E-state index in [4.69, 9.17) is 21.1 Å². The van der Waals surface area contributed by atoms with Crippen molar-refractivity contribution in [2.75, 3.05) is 7.11 Å². The maximum atomic E-state index is 12.6. The minimum Gasteiger partial charge on any atom is -0.466 e. The summed E-state index contributed by atoms with van der Waals surface area (Å²) in [7, 11) is 1.24. The normalized spacial score (nSPS) is 22.3. The van der Waals surface area contributed by atoms with Crippen molar-refractivity contribution in [3.63, 3.8) is 0 Å². The number of alkyl halides is 1. The van der Waals surface area contributed by atoms with Crippen LogP contribution in [0.15, 0.2) is 66.7 Å². The lowest BCUT2D eigenvalue weighted by Gasteiger charge is -2.36. The van der Waals surface area contributed by atoms with Crippen molar-refractivity contribution < 1.29 is 19.1 Å². The van der Waals surface area contributed by atoms with Crippen molar-refractivity contribution in [1.29, 1.82) is 0 Å². The first-order valence-corrected chi connectivity index (χ1v) is 8.88. The highest BCUT2D eigenvalue weighted by Crippen LogP contribution is 2.39. The van der Waals surface area contributed by atoms with E-state index in [1.54, 1.807) is 6.08 Å². The first-order chi connectivity index (χ1) is 13.0. The molecular formula is C22H19ClO4. The van der Waals surface area contributed by atoms with Crippen LogP contribution in [0.5, 0.6) is 0 Å². The number of carbonyl (C=O) groups excluding carboxylic acids is 2. The zero-order chi connectivity index (χ0) is 19.4. The molecule has 1 heterocycles. The Balaban J connectivity index is 2.05. The summed E-state index contributed by atoms with van der Waals surface area (Å²) in [5, 5.41) is -0.938. The summed E-state index contributed by atoms with van der Waals surface area (Å²) in [5.41, 5.74) is 1.46. The Hall–Kier alpha value is -2.85. The Morgan fingerprint density at radius 1 is 1.15 bits per heavy atom. The fourth-order valence-corrected chi connectivity index (χ4v) is 3.32. The second kappa shape index (κ2) is 7.80. The number of ether oxygens (including phenoxy) is 2. The predicted molar refractivity (Wildman–Crippen MR) is 105 cm³/mol. The van der Waals surface area contributed by atoms with E-state index in [1.165, 1.54) is 19.3 Å². The zero-order valence-corrected chi connectivity index (χ0v) is 15.8. The number of hydrogen-bond donors (Lipinski definition) is 0. The molecule has 2 aromatic carbocycles. The molecule has 4 nitrogen and oxygen atoms in total. The van der Waals surface area contributed by atoms with Crippen LogP contribution in [-0.2, 0) is 19.1 Å². The summed E-state index contributed by atoms with van der Waals surface area (Å²) in [6.07, 6.45) is 4.51. The van der Waals surface area contributed by atoms with Crippen molar-refractivity contribution in [3.8, 4) is 0 Å². The number of benzene rings is 2. The van der Waals surface area contributed by atoms with Gasteiger partial charge in [-0.2, -0.15) is 0 Å². The molecule has 0 bridgehead atoms. The summed E-state index contributed by atoms with van der Waals surface area (Å²) < 4.78 is 10.4. The van der Waals surface area contributed by atoms with Gasteiger partial charge in [0.2, 0.25) is 5.60 Å². The van der Waals surface area contributed by atoms with Crippen LogP contribution < -0.4 is 0 Å². The van der Waals surface area contributed by atoms with Crippen molar-refractivity contribution in [2.24, 2.45) is 0 Å². The number of esters is 2. The number of aryl methyl sites for hydroxylation is 1. The van der Waals surface area contributed by atoms with Gasteiger partial charge in [-0.3, -0.25) is 0 Å². The Morgan fingerprint density at radius 3 is 2.44 bits per heavy atom. The molecule has 0 radical (unpaired) electrons. The largest absolute Gasteiger partial charge is 0.466 e. The van der Waals surface area contributed by atoms with E-state index in [1.807, 2.05) is 61.5 Å². The van der Waals surface area contributed by atoms with Gasteiger partial charge in [0.15, 0.2) is 0 Å². The van der Waals surface area contributed by atoms with Crippen LogP contribution >= 0.6 is 11.6 Å².